The molecule has 0 unspecified atom stereocenters. The molecule has 21 heavy (non-hydrogen) atoms. The zero-order valence-electron chi connectivity index (χ0n) is 12.8. The molecule has 0 heterocycles. The third-order valence-electron chi connectivity index (χ3n) is 4.73. The van der Waals surface area contributed by atoms with Gasteiger partial charge in [-0.25, -0.2) is 9.18 Å². The van der Waals surface area contributed by atoms with Crippen molar-refractivity contribution >= 4 is 5.97 Å². The minimum atomic E-state index is -1.01. The molecule has 4 heteroatoms. The smallest absolute Gasteiger partial charge is 0.335 e. The van der Waals surface area contributed by atoms with E-state index in [9.17, 15) is 9.18 Å². The summed E-state index contributed by atoms with van der Waals surface area (Å²) in [6.07, 6.45) is 6.02. The SMILES string of the molecule is CCC1CCC(N(C)Cc2cc(C(=O)O)ccc2F)CC1. The van der Waals surface area contributed by atoms with Gasteiger partial charge < -0.3 is 5.11 Å². The number of hydrogen-bond donors (Lipinski definition) is 1. The fourth-order valence-corrected chi connectivity index (χ4v) is 3.22. The average molecular weight is 293 g/mol. The predicted molar refractivity (Wildman–Crippen MR) is 80.9 cm³/mol. The van der Waals surface area contributed by atoms with Crippen molar-refractivity contribution in [3.8, 4) is 0 Å². The van der Waals surface area contributed by atoms with Crippen LogP contribution in [0.2, 0.25) is 0 Å². The molecule has 3 nitrogen and oxygen atoms in total. The van der Waals surface area contributed by atoms with Gasteiger partial charge in [0.15, 0.2) is 0 Å². The summed E-state index contributed by atoms with van der Waals surface area (Å²) in [6.45, 7) is 2.70. The highest BCUT2D eigenvalue weighted by molar-refractivity contribution is 5.87. The number of halogens is 1. The van der Waals surface area contributed by atoms with Crippen LogP contribution >= 0.6 is 0 Å². The molecular formula is C17H24FNO2. The third-order valence-corrected chi connectivity index (χ3v) is 4.73. The summed E-state index contributed by atoms with van der Waals surface area (Å²) in [5.41, 5.74) is 0.615. The Kier molecular flexibility index (Phi) is 5.34. The second-order valence-corrected chi connectivity index (χ2v) is 6.11. The number of aromatic carboxylic acids is 1. The predicted octanol–water partition coefficient (Wildman–Crippen LogP) is 3.92. The van der Waals surface area contributed by atoms with E-state index in [0.29, 0.717) is 18.2 Å². The maximum Gasteiger partial charge on any atom is 0.335 e. The molecule has 0 spiro atoms. The molecule has 0 radical (unpaired) electrons. The van der Waals surface area contributed by atoms with Gasteiger partial charge in [0.25, 0.3) is 0 Å². The van der Waals surface area contributed by atoms with Crippen LogP contribution in [-0.2, 0) is 6.54 Å². The number of rotatable bonds is 5. The van der Waals surface area contributed by atoms with Gasteiger partial charge in [0.1, 0.15) is 5.82 Å². The molecular weight excluding hydrogens is 269 g/mol. The average Bonchev–Trinajstić information content (AvgIpc) is 2.49. The van der Waals surface area contributed by atoms with Gasteiger partial charge in [0, 0.05) is 18.2 Å². The van der Waals surface area contributed by atoms with E-state index in [1.165, 1.54) is 37.5 Å². The van der Waals surface area contributed by atoms with E-state index >= 15 is 0 Å². The monoisotopic (exact) mass is 293 g/mol. The number of carbonyl (C=O) groups is 1. The van der Waals surface area contributed by atoms with E-state index in [0.717, 1.165) is 18.8 Å². The van der Waals surface area contributed by atoms with Crippen LogP contribution in [0.5, 0.6) is 0 Å². The van der Waals surface area contributed by atoms with Crippen LogP contribution in [0.3, 0.4) is 0 Å². The van der Waals surface area contributed by atoms with Gasteiger partial charge in [-0.05, 0) is 56.8 Å². The van der Waals surface area contributed by atoms with Crippen molar-refractivity contribution in [2.45, 2.75) is 51.6 Å². The lowest BCUT2D eigenvalue weighted by molar-refractivity contribution is 0.0696. The molecule has 0 bridgehead atoms. The van der Waals surface area contributed by atoms with Gasteiger partial charge in [0.05, 0.1) is 5.56 Å². The van der Waals surface area contributed by atoms with Crippen LogP contribution in [0.1, 0.15) is 54.9 Å². The second kappa shape index (κ2) is 7.03. The van der Waals surface area contributed by atoms with Gasteiger partial charge in [-0.3, -0.25) is 4.90 Å². The molecule has 0 amide bonds. The molecule has 0 atom stereocenters. The molecule has 1 aromatic carbocycles. The molecule has 0 aromatic heterocycles. The van der Waals surface area contributed by atoms with Crippen LogP contribution in [0.25, 0.3) is 0 Å². The summed E-state index contributed by atoms with van der Waals surface area (Å²) in [5, 5.41) is 9.00. The lowest BCUT2D eigenvalue weighted by Gasteiger charge is -2.34. The summed E-state index contributed by atoms with van der Waals surface area (Å²) in [7, 11) is 2.00. The first-order valence-electron chi connectivity index (χ1n) is 7.73. The van der Waals surface area contributed by atoms with Crippen LogP contribution in [0.15, 0.2) is 18.2 Å². The van der Waals surface area contributed by atoms with Crippen molar-refractivity contribution in [3.05, 3.63) is 35.1 Å². The summed E-state index contributed by atoms with van der Waals surface area (Å²) >= 11 is 0. The molecule has 1 aliphatic carbocycles. The van der Waals surface area contributed by atoms with Gasteiger partial charge in [-0.2, -0.15) is 0 Å². The molecule has 0 aliphatic heterocycles. The van der Waals surface area contributed by atoms with Crippen molar-refractivity contribution in [1.29, 1.82) is 0 Å². The Labute approximate surface area is 125 Å². The Morgan fingerprint density at radius 1 is 1.33 bits per heavy atom. The van der Waals surface area contributed by atoms with Gasteiger partial charge >= 0.3 is 5.97 Å². The van der Waals surface area contributed by atoms with Crippen molar-refractivity contribution in [2.75, 3.05) is 7.05 Å². The van der Waals surface area contributed by atoms with E-state index in [-0.39, 0.29) is 11.4 Å². The zero-order chi connectivity index (χ0) is 15.4. The molecule has 116 valence electrons. The van der Waals surface area contributed by atoms with E-state index in [4.69, 9.17) is 5.11 Å². The largest absolute Gasteiger partial charge is 0.478 e. The summed E-state index contributed by atoms with van der Waals surface area (Å²) in [6, 6.07) is 4.49. The summed E-state index contributed by atoms with van der Waals surface area (Å²) in [4.78, 5) is 13.1. The van der Waals surface area contributed by atoms with Gasteiger partial charge in [-0.15, -0.1) is 0 Å². The Hall–Kier alpha value is -1.42. The summed E-state index contributed by atoms with van der Waals surface area (Å²) in [5.74, 6) is -0.502. The Balaban J connectivity index is 2.01. The van der Waals surface area contributed by atoms with Gasteiger partial charge in [-0.1, -0.05) is 13.3 Å². The van der Waals surface area contributed by atoms with E-state index in [2.05, 4.69) is 11.8 Å². The van der Waals surface area contributed by atoms with E-state index < -0.39 is 5.97 Å². The number of hydrogen-bond acceptors (Lipinski definition) is 2. The maximum absolute atomic E-state index is 13.9. The molecule has 1 fully saturated rings. The van der Waals surface area contributed by atoms with Crippen molar-refractivity contribution < 1.29 is 14.3 Å². The zero-order valence-corrected chi connectivity index (χ0v) is 12.8. The summed E-state index contributed by atoms with van der Waals surface area (Å²) < 4.78 is 13.9. The van der Waals surface area contributed by atoms with Crippen LogP contribution in [0, 0.1) is 11.7 Å². The lowest BCUT2D eigenvalue weighted by atomic mass is 9.84. The first-order valence-corrected chi connectivity index (χ1v) is 7.73. The fourth-order valence-electron chi connectivity index (χ4n) is 3.22. The Morgan fingerprint density at radius 2 is 2.00 bits per heavy atom. The topological polar surface area (TPSA) is 40.5 Å². The fraction of sp³-hybridized carbons (Fsp3) is 0.588. The van der Waals surface area contributed by atoms with Gasteiger partial charge in [0.2, 0.25) is 0 Å². The lowest BCUT2D eigenvalue weighted by Crippen LogP contribution is -2.34. The molecule has 0 saturated heterocycles. The number of carboxylic acids is 1. The van der Waals surface area contributed by atoms with E-state index in [1.807, 2.05) is 7.05 Å². The number of carboxylic acid groups (broad SMARTS) is 1. The first kappa shape index (κ1) is 16.0. The Morgan fingerprint density at radius 3 is 2.57 bits per heavy atom. The van der Waals surface area contributed by atoms with Crippen molar-refractivity contribution in [3.63, 3.8) is 0 Å². The number of nitrogens with zero attached hydrogens (tertiary/aromatic N) is 1. The normalized spacial score (nSPS) is 22.5. The highest BCUT2D eigenvalue weighted by Crippen LogP contribution is 2.29. The van der Waals surface area contributed by atoms with Crippen LogP contribution in [-0.4, -0.2) is 29.1 Å². The highest BCUT2D eigenvalue weighted by Gasteiger charge is 2.23. The molecule has 1 aromatic rings. The van der Waals surface area contributed by atoms with E-state index in [1.54, 1.807) is 0 Å². The third kappa shape index (κ3) is 4.03. The second-order valence-electron chi connectivity index (χ2n) is 6.11. The molecule has 1 saturated carbocycles. The first-order chi connectivity index (χ1) is 10.0. The Bertz CT molecular complexity index is 496. The maximum atomic E-state index is 13.9. The van der Waals surface area contributed by atoms with Crippen LogP contribution in [0.4, 0.5) is 4.39 Å². The molecule has 1 N–H and O–H groups in total. The molecule has 2 rings (SSSR count). The minimum Gasteiger partial charge on any atom is -0.478 e. The molecule has 1 aliphatic rings. The van der Waals surface area contributed by atoms with Crippen molar-refractivity contribution in [2.24, 2.45) is 5.92 Å². The quantitative estimate of drug-likeness (QED) is 0.894. The standard InChI is InChI=1S/C17H24FNO2/c1-3-12-4-7-15(8-5-12)19(2)11-14-10-13(17(20)21)6-9-16(14)18/h6,9-10,12,15H,3-5,7-8,11H2,1-2H3,(H,20,21). The highest BCUT2D eigenvalue weighted by atomic mass is 19.1. The van der Waals surface area contributed by atoms with Crippen molar-refractivity contribution in [1.82, 2.24) is 4.90 Å². The van der Waals surface area contributed by atoms with Crippen LogP contribution < -0.4 is 0 Å². The minimum absolute atomic E-state index is 0.148. The number of benzene rings is 1.